The van der Waals surface area contributed by atoms with E-state index in [1.54, 1.807) is 0 Å². The molecule has 0 bridgehead atoms. The fourth-order valence-corrected chi connectivity index (χ4v) is 2.38. The largest absolute Gasteiger partial charge is 0.330 e. The number of pyridine rings is 1. The van der Waals surface area contributed by atoms with E-state index in [0.717, 1.165) is 19.5 Å². The first kappa shape index (κ1) is 14.7. The number of hydrogen-bond donors (Lipinski definition) is 1. The monoisotopic (exact) mass is 269 g/mol. The molecule has 0 fully saturated rings. The van der Waals surface area contributed by atoms with Gasteiger partial charge in [-0.1, -0.05) is 30.3 Å². The maximum Gasteiger partial charge on any atom is 0.0270 e. The fourth-order valence-electron chi connectivity index (χ4n) is 2.38. The summed E-state index contributed by atoms with van der Waals surface area (Å²) in [5, 5.41) is 0. The number of aromatic nitrogens is 1. The third kappa shape index (κ3) is 4.44. The maximum atomic E-state index is 5.93. The molecule has 2 rings (SSSR count). The van der Waals surface area contributed by atoms with E-state index in [2.05, 4.69) is 53.3 Å². The molecular formula is C17H23N3. The van der Waals surface area contributed by atoms with Gasteiger partial charge in [0.05, 0.1) is 0 Å². The highest BCUT2D eigenvalue weighted by Crippen LogP contribution is 2.15. The zero-order chi connectivity index (χ0) is 14.2. The molecule has 1 heterocycles. The van der Waals surface area contributed by atoms with Gasteiger partial charge in [0.25, 0.3) is 0 Å². The van der Waals surface area contributed by atoms with Crippen molar-refractivity contribution in [3.8, 4) is 0 Å². The minimum absolute atomic E-state index is 0.402. The lowest BCUT2D eigenvalue weighted by molar-refractivity contribution is 0.316. The van der Waals surface area contributed by atoms with E-state index in [9.17, 15) is 0 Å². The van der Waals surface area contributed by atoms with Gasteiger partial charge in [-0.2, -0.15) is 0 Å². The minimum Gasteiger partial charge on any atom is -0.330 e. The molecule has 1 unspecified atom stereocenters. The first-order chi connectivity index (χ1) is 9.79. The predicted molar refractivity (Wildman–Crippen MR) is 83.7 cm³/mol. The molecule has 0 radical (unpaired) electrons. The maximum absolute atomic E-state index is 5.93. The number of benzene rings is 1. The minimum atomic E-state index is 0.402. The topological polar surface area (TPSA) is 42.2 Å². The molecule has 1 aromatic heterocycles. The van der Waals surface area contributed by atoms with Crippen LogP contribution in [0.25, 0.3) is 0 Å². The van der Waals surface area contributed by atoms with Crippen molar-refractivity contribution in [1.82, 2.24) is 9.88 Å². The molecule has 3 nitrogen and oxygen atoms in total. The van der Waals surface area contributed by atoms with Crippen molar-refractivity contribution in [2.45, 2.75) is 12.3 Å². The van der Waals surface area contributed by atoms with Crippen molar-refractivity contribution in [3.05, 3.63) is 66.0 Å². The van der Waals surface area contributed by atoms with Crippen molar-refractivity contribution in [2.24, 2.45) is 5.73 Å². The normalized spacial score (nSPS) is 12.6. The first-order valence-electron chi connectivity index (χ1n) is 7.12. The Labute approximate surface area is 121 Å². The SMILES string of the molecule is CN(CCc1ccncc1)CC(CN)c1ccccc1. The second-order valence-corrected chi connectivity index (χ2v) is 5.21. The predicted octanol–water partition coefficient (Wildman–Crippen LogP) is 2.30. The second-order valence-electron chi connectivity index (χ2n) is 5.21. The third-order valence-corrected chi connectivity index (χ3v) is 3.62. The molecule has 1 aromatic carbocycles. The number of nitrogens with zero attached hydrogens (tertiary/aromatic N) is 2. The molecule has 2 N–H and O–H groups in total. The molecule has 0 saturated heterocycles. The summed E-state index contributed by atoms with van der Waals surface area (Å²) >= 11 is 0. The number of nitrogens with two attached hydrogens (primary N) is 1. The van der Waals surface area contributed by atoms with E-state index in [0.29, 0.717) is 12.5 Å². The lowest BCUT2D eigenvalue weighted by Gasteiger charge is -2.23. The van der Waals surface area contributed by atoms with Crippen molar-refractivity contribution in [1.29, 1.82) is 0 Å². The Morgan fingerprint density at radius 3 is 2.45 bits per heavy atom. The van der Waals surface area contributed by atoms with Crippen LogP contribution in [0.4, 0.5) is 0 Å². The van der Waals surface area contributed by atoms with Gasteiger partial charge in [-0.3, -0.25) is 4.98 Å². The first-order valence-corrected chi connectivity index (χ1v) is 7.12. The van der Waals surface area contributed by atoms with Gasteiger partial charge >= 0.3 is 0 Å². The molecule has 0 amide bonds. The van der Waals surface area contributed by atoms with Gasteiger partial charge in [-0.15, -0.1) is 0 Å². The number of hydrogen-bond acceptors (Lipinski definition) is 3. The highest BCUT2D eigenvalue weighted by molar-refractivity contribution is 5.20. The number of likely N-dealkylation sites (N-methyl/N-ethyl adjacent to an activating group) is 1. The standard InChI is InChI=1S/C17H23N3/c1-20(12-9-15-7-10-19-11-8-15)14-17(13-18)16-5-3-2-4-6-16/h2-8,10-11,17H,9,12-14,18H2,1H3. The van der Waals surface area contributed by atoms with Crippen molar-refractivity contribution in [2.75, 3.05) is 26.7 Å². The van der Waals surface area contributed by atoms with Crippen LogP contribution in [0.3, 0.4) is 0 Å². The zero-order valence-corrected chi connectivity index (χ0v) is 12.1. The Kier molecular flexibility index (Phi) is 5.71. The Balaban J connectivity index is 1.85. The van der Waals surface area contributed by atoms with E-state index in [1.807, 2.05) is 18.5 Å². The Bertz CT molecular complexity index is 484. The van der Waals surface area contributed by atoms with Crippen LogP contribution >= 0.6 is 0 Å². The van der Waals surface area contributed by atoms with Crippen molar-refractivity contribution in [3.63, 3.8) is 0 Å². The summed E-state index contributed by atoms with van der Waals surface area (Å²) in [6.07, 6.45) is 4.75. The smallest absolute Gasteiger partial charge is 0.0270 e. The van der Waals surface area contributed by atoms with Gasteiger partial charge in [-0.05, 0) is 36.7 Å². The average molecular weight is 269 g/mol. The van der Waals surface area contributed by atoms with E-state index in [1.165, 1.54) is 11.1 Å². The molecule has 0 aliphatic heterocycles. The molecule has 0 saturated carbocycles. The Morgan fingerprint density at radius 2 is 1.80 bits per heavy atom. The van der Waals surface area contributed by atoms with Crippen molar-refractivity contribution >= 4 is 0 Å². The summed E-state index contributed by atoms with van der Waals surface area (Å²) < 4.78 is 0. The Hall–Kier alpha value is -1.71. The number of rotatable bonds is 7. The quantitative estimate of drug-likeness (QED) is 0.838. The fraction of sp³-hybridized carbons (Fsp3) is 0.353. The van der Waals surface area contributed by atoms with Crippen molar-refractivity contribution < 1.29 is 0 Å². The summed E-state index contributed by atoms with van der Waals surface area (Å²) in [6.45, 7) is 2.71. The summed E-state index contributed by atoms with van der Waals surface area (Å²) in [4.78, 5) is 6.40. The highest BCUT2D eigenvalue weighted by Gasteiger charge is 2.12. The summed E-state index contributed by atoms with van der Waals surface area (Å²) in [7, 11) is 2.16. The molecule has 0 aliphatic carbocycles. The van der Waals surface area contributed by atoms with Crippen LogP contribution in [0.15, 0.2) is 54.9 Å². The van der Waals surface area contributed by atoms with E-state index < -0.39 is 0 Å². The third-order valence-electron chi connectivity index (χ3n) is 3.62. The zero-order valence-electron chi connectivity index (χ0n) is 12.1. The van der Waals surface area contributed by atoms with E-state index in [-0.39, 0.29) is 0 Å². The molecule has 106 valence electrons. The van der Waals surface area contributed by atoms with Gasteiger partial charge in [0.1, 0.15) is 0 Å². The average Bonchev–Trinajstić information content (AvgIpc) is 2.52. The summed E-state index contributed by atoms with van der Waals surface area (Å²) in [6, 6.07) is 14.7. The molecule has 0 aliphatic rings. The van der Waals surface area contributed by atoms with Crippen LogP contribution in [-0.2, 0) is 6.42 Å². The van der Waals surface area contributed by atoms with Gasteiger partial charge in [0.2, 0.25) is 0 Å². The lowest BCUT2D eigenvalue weighted by atomic mass is 9.99. The van der Waals surface area contributed by atoms with Gasteiger partial charge in [-0.25, -0.2) is 0 Å². The van der Waals surface area contributed by atoms with Crippen LogP contribution in [0, 0.1) is 0 Å². The van der Waals surface area contributed by atoms with Crippen LogP contribution in [0.1, 0.15) is 17.0 Å². The van der Waals surface area contributed by atoms with E-state index >= 15 is 0 Å². The molecule has 1 atom stereocenters. The van der Waals surface area contributed by atoms with Crippen LogP contribution in [0.2, 0.25) is 0 Å². The summed E-state index contributed by atoms with van der Waals surface area (Å²) in [5.41, 5.74) is 8.58. The van der Waals surface area contributed by atoms with Crippen LogP contribution < -0.4 is 5.73 Å². The molecular weight excluding hydrogens is 246 g/mol. The molecule has 0 spiro atoms. The lowest BCUT2D eigenvalue weighted by Crippen LogP contribution is -2.30. The molecule has 2 aromatic rings. The van der Waals surface area contributed by atoms with Crippen LogP contribution in [-0.4, -0.2) is 36.6 Å². The Morgan fingerprint density at radius 1 is 1.10 bits per heavy atom. The van der Waals surface area contributed by atoms with Gasteiger partial charge < -0.3 is 10.6 Å². The highest BCUT2D eigenvalue weighted by atomic mass is 15.1. The molecule has 3 heteroatoms. The van der Waals surface area contributed by atoms with Crippen LogP contribution in [0.5, 0.6) is 0 Å². The molecule has 20 heavy (non-hydrogen) atoms. The van der Waals surface area contributed by atoms with E-state index in [4.69, 9.17) is 5.73 Å². The van der Waals surface area contributed by atoms with Gasteiger partial charge in [0, 0.05) is 37.9 Å². The summed E-state index contributed by atoms with van der Waals surface area (Å²) in [5.74, 6) is 0.402. The van der Waals surface area contributed by atoms with Gasteiger partial charge in [0.15, 0.2) is 0 Å². The second kappa shape index (κ2) is 7.78.